The Hall–Kier alpha value is -3.71. The Balaban J connectivity index is 0.710. The number of esters is 1. The number of aliphatic hydroxyl groups is 3. The smallest absolute Gasteiger partial charge is 0.407 e. The maximum Gasteiger partial charge on any atom is 0.407 e. The predicted octanol–water partition coefficient (Wildman–Crippen LogP) is 4.15. The summed E-state index contributed by atoms with van der Waals surface area (Å²) in [6, 6.07) is 0.338. The normalized spacial score (nSPS) is 39.5. The molecular formula is C50H75N5O12S. The number of ether oxygens (including phenoxy) is 3. The Labute approximate surface area is 404 Å². The van der Waals surface area contributed by atoms with Gasteiger partial charge < -0.3 is 56.1 Å². The highest BCUT2D eigenvalue weighted by atomic mass is 32.2. The van der Waals surface area contributed by atoms with Gasteiger partial charge in [-0.3, -0.25) is 14.4 Å². The van der Waals surface area contributed by atoms with E-state index in [0.29, 0.717) is 69.0 Å². The third-order valence-corrected chi connectivity index (χ3v) is 19.7. The number of ketones is 1. The first-order valence-corrected chi connectivity index (χ1v) is 26.4. The first-order chi connectivity index (χ1) is 32.2. The maximum absolute atomic E-state index is 14.1. The molecule has 378 valence electrons. The largest absolute Gasteiger partial charge is 0.455 e. The molecule has 0 radical (unpaired) electrons. The SMILES string of the molecule is CC1=C(C)C(=O)OC([C@](C)(O)[C@]2(O)CC[C@@]3(O)[C@@H]4C[C@H]5O[C@]56[C@@H](OC(=O)NCCCCCNC(=O)CCCCCNC(=O)CCCCC5SCC7NC(=O)NC75)C=CC(=O)[C@]6(C)[C@H]4CC[C@]23C)C1. The maximum atomic E-state index is 14.1. The number of hydrogen-bond donors (Lipinski definition) is 8. The molecule has 8 rings (SSSR count). The van der Waals surface area contributed by atoms with Gasteiger partial charge in [-0.25, -0.2) is 14.4 Å². The second-order valence-corrected chi connectivity index (χ2v) is 23.0. The van der Waals surface area contributed by atoms with Crippen molar-refractivity contribution in [1.82, 2.24) is 26.6 Å². The molecule has 4 unspecified atom stereocenters. The van der Waals surface area contributed by atoms with Crippen LogP contribution in [0.25, 0.3) is 0 Å². The minimum atomic E-state index is -1.89. The lowest BCUT2D eigenvalue weighted by Gasteiger charge is -2.63. The molecule has 0 aromatic carbocycles. The van der Waals surface area contributed by atoms with Crippen LogP contribution in [-0.4, -0.2) is 134 Å². The van der Waals surface area contributed by atoms with Gasteiger partial charge in [0.05, 0.1) is 29.2 Å². The molecule has 0 bridgehead atoms. The van der Waals surface area contributed by atoms with Gasteiger partial charge in [0.2, 0.25) is 11.8 Å². The van der Waals surface area contributed by atoms with Crippen LogP contribution in [-0.2, 0) is 33.4 Å². The highest BCUT2D eigenvalue weighted by molar-refractivity contribution is 8.00. The van der Waals surface area contributed by atoms with Crippen LogP contribution in [0, 0.1) is 22.7 Å². The Bertz CT molecular complexity index is 2070. The van der Waals surface area contributed by atoms with E-state index in [2.05, 4.69) is 26.6 Å². The number of rotatable bonds is 20. The van der Waals surface area contributed by atoms with Gasteiger partial charge in [0.15, 0.2) is 11.9 Å². The molecule has 68 heavy (non-hydrogen) atoms. The molecule has 5 amide bonds. The lowest BCUT2D eigenvalue weighted by Crippen LogP contribution is -2.73. The number of amides is 5. The number of unbranched alkanes of at least 4 members (excludes halogenated alkanes) is 5. The first kappa shape index (κ1) is 50.7. The van der Waals surface area contributed by atoms with E-state index in [4.69, 9.17) is 14.2 Å². The number of epoxide rings is 1. The molecule has 3 saturated carbocycles. The number of alkyl carbamates (subject to hydrolysis) is 1. The highest BCUT2D eigenvalue weighted by Crippen LogP contribution is 2.75. The van der Waals surface area contributed by atoms with Crippen molar-refractivity contribution in [2.45, 2.75) is 202 Å². The molecule has 17 nitrogen and oxygen atoms in total. The molecule has 1 spiro atoms. The second-order valence-electron chi connectivity index (χ2n) is 21.8. The Morgan fingerprint density at radius 3 is 2.24 bits per heavy atom. The Morgan fingerprint density at radius 2 is 1.54 bits per heavy atom. The molecule has 0 aromatic rings. The number of fused-ring (bicyclic) bond motifs is 5. The third kappa shape index (κ3) is 8.67. The predicted molar refractivity (Wildman–Crippen MR) is 252 cm³/mol. The summed E-state index contributed by atoms with van der Waals surface area (Å²) in [5, 5.41) is 52.9. The van der Waals surface area contributed by atoms with E-state index < -0.39 is 69.5 Å². The average molecular weight is 970 g/mol. The van der Waals surface area contributed by atoms with Crippen molar-refractivity contribution in [3.8, 4) is 0 Å². The monoisotopic (exact) mass is 970 g/mol. The molecule has 4 heterocycles. The number of allylic oxidation sites excluding steroid dienone is 1. The van der Waals surface area contributed by atoms with Crippen LogP contribution in [0.4, 0.5) is 9.59 Å². The summed E-state index contributed by atoms with van der Waals surface area (Å²) in [7, 11) is 0. The molecular weight excluding hydrogens is 895 g/mol. The Kier molecular flexibility index (Phi) is 14.5. The van der Waals surface area contributed by atoms with Crippen LogP contribution in [0.2, 0.25) is 0 Å². The van der Waals surface area contributed by atoms with Gasteiger partial charge in [-0.15, -0.1) is 0 Å². The molecule has 8 N–H and O–H groups in total. The van der Waals surface area contributed by atoms with Gasteiger partial charge in [0, 0.05) is 60.9 Å². The first-order valence-electron chi connectivity index (χ1n) is 25.3. The zero-order chi connectivity index (χ0) is 48.9. The number of hydrogen-bond acceptors (Lipinski definition) is 13. The molecule has 6 fully saturated rings. The van der Waals surface area contributed by atoms with Gasteiger partial charge >= 0.3 is 18.1 Å². The van der Waals surface area contributed by atoms with Gasteiger partial charge in [-0.2, -0.15) is 11.8 Å². The summed E-state index contributed by atoms with van der Waals surface area (Å²) in [4.78, 5) is 76.2. The number of carbonyl (C=O) groups is 6. The van der Waals surface area contributed by atoms with E-state index in [1.165, 1.54) is 13.0 Å². The van der Waals surface area contributed by atoms with Crippen molar-refractivity contribution >= 4 is 47.5 Å². The fraction of sp³-hybridized carbons (Fsp3) is 0.800. The number of carbonyl (C=O) groups excluding carboxylic acids is 6. The Morgan fingerprint density at radius 1 is 0.882 bits per heavy atom. The molecule has 14 atom stereocenters. The summed E-state index contributed by atoms with van der Waals surface area (Å²) in [5.74, 6) is -0.524. The van der Waals surface area contributed by atoms with E-state index in [1.807, 2.05) is 32.5 Å². The fourth-order valence-corrected chi connectivity index (χ4v) is 15.3. The van der Waals surface area contributed by atoms with E-state index in [-0.39, 0.29) is 60.9 Å². The van der Waals surface area contributed by atoms with Gasteiger partial charge in [0.25, 0.3) is 0 Å². The summed E-state index contributed by atoms with van der Waals surface area (Å²) in [5.41, 5.74) is -7.34. The molecule has 0 aromatic heterocycles. The zero-order valence-corrected chi connectivity index (χ0v) is 41.4. The summed E-state index contributed by atoms with van der Waals surface area (Å²) >= 11 is 1.89. The van der Waals surface area contributed by atoms with Crippen molar-refractivity contribution in [3.05, 3.63) is 23.3 Å². The molecule has 8 aliphatic rings. The van der Waals surface area contributed by atoms with E-state index in [0.717, 1.165) is 62.7 Å². The molecule has 4 aliphatic heterocycles. The number of thioether (sulfide) groups is 1. The fourth-order valence-electron chi connectivity index (χ4n) is 13.8. The van der Waals surface area contributed by atoms with Crippen LogP contribution in [0.3, 0.4) is 0 Å². The summed E-state index contributed by atoms with van der Waals surface area (Å²) in [6.45, 7) is 10.2. The highest BCUT2D eigenvalue weighted by Gasteiger charge is 2.85. The van der Waals surface area contributed by atoms with Crippen LogP contribution in [0.1, 0.15) is 144 Å². The number of cyclic esters (lactones) is 1. The minimum Gasteiger partial charge on any atom is -0.455 e. The lowest BCUT2D eigenvalue weighted by molar-refractivity contribution is -0.283. The topological polar surface area (TPSA) is 254 Å². The van der Waals surface area contributed by atoms with Crippen molar-refractivity contribution in [1.29, 1.82) is 0 Å². The third-order valence-electron chi connectivity index (χ3n) is 18.2. The van der Waals surface area contributed by atoms with Gasteiger partial charge in [-0.1, -0.05) is 25.3 Å². The van der Waals surface area contributed by atoms with E-state index >= 15 is 0 Å². The standard InChI is InChI=1S/C50H75N5O12S/c1-29-26-37(65-42(59)30(29)2)47(5,62)49(64)22-21-48(63)32-27-38-50(67-38)36(18-17-35(56)46(50,4)31(32)19-20-45(48,49)3)66-44(61)53-25-13-7-12-24-52-39(57)15-8-6-11-23-51-40(58)16-10-9-14-34-41-33(28-68-34)54-43(60)55-41/h17-18,31-34,36-38,41,62-64H,6-16,19-28H2,1-5H3,(H,51,58)(H,52,57)(H,53,61)(H2,54,55,60)/t31-,32+,33?,34?,36-,37?,38+,41?,45-,46-,47-,48+,49-,50+/m0/s1. The van der Waals surface area contributed by atoms with Gasteiger partial charge in [0.1, 0.15) is 22.9 Å². The van der Waals surface area contributed by atoms with Crippen LogP contribution in [0.5, 0.6) is 0 Å². The summed E-state index contributed by atoms with van der Waals surface area (Å²) in [6.07, 6.45) is 10.1. The van der Waals surface area contributed by atoms with Crippen molar-refractivity contribution in [2.24, 2.45) is 22.7 Å². The van der Waals surface area contributed by atoms with Crippen molar-refractivity contribution in [3.63, 3.8) is 0 Å². The summed E-state index contributed by atoms with van der Waals surface area (Å²) < 4.78 is 18.2. The zero-order valence-electron chi connectivity index (χ0n) is 40.5. The average Bonchev–Trinajstić information content (AvgIpc) is 3.65. The number of urea groups is 1. The van der Waals surface area contributed by atoms with Crippen LogP contribution < -0.4 is 26.6 Å². The molecule has 18 heteroatoms. The molecule has 4 aliphatic carbocycles. The van der Waals surface area contributed by atoms with Crippen molar-refractivity contribution < 1.29 is 58.3 Å². The van der Waals surface area contributed by atoms with Crippen LogP contribution >= 0.6 is 11.8 Å². The number of nitrogens with one attached hydrogen (secondary N) is 5. The molecule has 3 saturated heterocycles. The minimum absolute atomic E-state index is 0.00347. The quantitative estimate of drug-likeness (QED) is 0.0370. The second kappa shape index (κ2) is 19.5. The van der Waals surface area contributed by atoms with Crippen LogP contribution in [0.15, 0.2) is 23.3 Å². The van der Waals surface area contributed by atoms with Gasteiger partial charge in [-0.05, 0) is 129 Å². The van der Waals surface area contributed by atoms with E-state index in [1.54, 1.807) is 13.0 Å². The lowest BCUT2D eigenvalue weighted by atomic mass is 9.42. The van der Waals surface area contributed by atoms with E-state index in [9.17, 15) is 44.1 Å². The van der Waals surface area contributed by atoms with Crippen molar-refractivity contribution in [2.75, 3.05) is 25.4 Å².